The summed E-state index contributed by atoms with van der Waals surface area (Å²) in [4.78, 5) is 7.46. The van der Waals surface area contributed by atoms with Crippen LogP contribution in [0.3, 0.4) is 0 Å². The molecule has 0 aliphatic carbocycles. The van der Waals surface area contributed by atoms with E-state index in [0.29, 0.717) is 31.1 Å². The van der Waals surface area contributed by atoms with Crippen LogP contribution in [0.5, 0.6) is 5.75 Å². The largest absolute Gasteiger partial charge is 0.495 e. The number of hydrogen-bond donors (Lipinski definition) is 0. The lowest BCUT2D eigenvalue weighted by molar-refractivity contribution is 0.311. The highest BCUT2D eigenvalue weighted by molar-refractivity contribution is 7.89. The van der Waals surface area contributed by atoms with Crippen molar-refractivity contribution in [3.05, 3.63) is 47.0 Å². The van der Waals surface area contributed by atoms with Crippen LogP contribution in [-0.4, -0.2) is 84.1 Å². The number of benzene rings is 2. The molecule has 2 aromatic rings. The van der Waals surface area contributed by atoms with Gasteiger partial charge in [0.15, 0.2) is 0 Å². The number of aryl methyl sites for hydroxylation is 3. The zero-order valence-corrected chi connectivity index (χ0v) is 21.3. The van der Waals surface area contributed by atoms with Crippen molar-refractivity contribution in [1.82, 2.24) is 9.21 Å². The number of ether oxygens (including phenoxy) is 1. The lowest BCUT2D eigenvalue weighted by atomic mass is 10.1. The number of methoxy groups -OCH3 is 1. The fourth-order valence-electron chi connectivity index (χ4n) is 5.06. The van der Waals surface area contributed by atoms with Crippen molar-refractivity contribution in [1.29, 1.82) is 0 Å². The van der Waals surface area contributed by atoms with Crippen LogP contribution in [0.15, 0.2) is 35.2 Å². The third-order valence-corrected chi connectivity index (χ3v) is 9.02. The first-order valence-corrected chi connectivity index (χ1v) is 13.1. The molecule has 0 radical (unpaired) electrons. The summed E-state index contributed by atoms with van der Waals surface area (Å²) in [5.41, 5.74) is 4.96. The van der Waals surface area contributed by atoms with Crippen molar-refractivity contribution >= 4 is 21.4 Å². The standard InChI is InChI=1S/C25H36N4O3S/c1-19-16-20(2)25(21(3)17-19)33(30,31)29-14-12-27(13-15-29)22-6-7-24(32-5)23(18-22)28-10-8-26(4)9-11-28/h6-7,16-18H,8-15H2,1-5H3. The quantitative estimate of drug-likeness (QED) is 0.667. The van der Waals surface area contributed by atoms with Crippen molar-refractivity contribution in [2.75, 3.05) is 76.3 Å². The molecule has 0 saturated carbocycles. The summed E-state index contributed by atoms with van der Waals surface area (Å²) in [6.45, 7) is 12.1. The van der Waals surface area contributed by atoms with Gasteiger partial charge in [0.2, 0.25) is 10.0 Å². The van der Waals surface area contributed by atoms with Gasteiger partial charge in [-0.1, -0.05) is 17.7 Å². The van der Waals surface area contributed by atoms with Gasteiger partial charge in [-0.25, -0.2) is 8.42 Å². The van der Waals surface area contributed by atoms with Crippen LogP contribution in [-0.2, 0) is 10.0 Å². The minimum atomic E-state index is -3.51. The summed E-state index contributed by atoms with van der Waals surface area (Å²) < 4.78 is 34.2. The van der Waals surface area contributed by atoms with E-state index in [9.17, 15) is 8.42 Å². The minimum Gasteiger partial charge on any atom is -0.495 e. The number of piperazine rings is 2. The maximum Gasteiger partial charge on any atom is 0.243 e. The zero-order valence-electron chi connectivity index (χ0n) is 20.5. The van der Waals surface area contributed by atoms with E-state index in [2.05, 4.69) is 33.9 Å². The molecule has 8 heteroatoms. The van der Waals surface area contributed by atoms with Crippen LogP contribution in [0.1, 0.15) is 16.7 Å². The molecule has 0 aromatic heterocycles. The maximum absolute atomic E-state index is 13.4. The third-order valence-electron chi connectivity index (χ3n) is 6.81. The van der Waals surface area contributed by atoms with E-state index in [4.69, 9.17) is 4.74 Å². The van der Waals surface area contributed by atoms with Gasteiger partial charge in [0, 0.05) is 58.0 Å². The smallest absolute Gasteiger partial charge is 0.243 e. The van der Waals surface area contributed by atoms with Crippen LogP contribution in [0.25, 0.3) is 0 Å². The highest BCUT2D eigenvalue weighted by atomic mass is 32.2. The molecule has 0 bridgehead atoms. The molecule has 0 spiro atoms. The van der Waals surface area contributed by atoms with E-state index in [1.807, 2.05) is 39.0 Å². The Hall–Kier alpha value is -2.29. The normalized spacial score (nSPS) is 18.6. The lowest BCUT2D eigenvalue weighted by Crippen LogP contribution is -2.49. The zero-order chi connectivity index (χ0) is 23.8. The molecule has 2 heterocycles. The van der Waals surface area contributed by atoms with Gasteiger partial charge in [0.05, 0.1) is 17.7 Å². The van der Waals surface area contributed by atoms with Crippen LogP contribution in [0.2, 0.25) is 0 Å². The van der Waals surface area contributed by atoms with Crippen molar-refractivity contribution < 1.29 is 13.2 Å². The topological polar surface area (TPSA) is 56.3 Å². The molecule has 33 heavy (non-hydrogen) atoms. The molecule has 0 N–H and O–H groups in total. The SMILES string of the molecule is COc1ccc(N2CCN(S(=O)(=O)c3c(C)cc(C)cc3C)CC2)cc1N1CCN(C)CC1. The highest BCUT2D eigenvalue weighted by Gasteiger charge is 2.31. The van der Waals surface area contributed by atoms with Crippen molar-refractivity contribution in [2.24, 2.45) is 0 Å². The number of hydrogen-bond acceptors (Lipinski definition) is 6. The number of likely N-dealkylation sites (N-methyl/N-ethyl adjacent to an activating group) is 1. The molecule has 2 saturated heterocycles. The molecular formula is C25H36N4O3S. The first-order valence-electron chi connectivity index (χ1n) is 11.6. The summed E-state index contributed by atoms with van der Waals surface area (Å²) in [7, 11) is 0.353. The van der Waals surface area contributed by atoms with Gasteiger partial charge < -0.3 is 19.4 Å². The Morgan fingerprint density at radius 3 is 1.94 bits per heavy atom. The molecule has 0 atom stereocenters. The van der Waals surface area contributed by atoms with E-state index in [-0.39, 0.29) is 0 Å². The van der Waals surface area contributed by atoms with Crippen LogP contribution >= 0.6 is 0 Å². The van der Waals surface area contributed by atoms with Gasteiger partial charge in [-0.3, -0.25) is 0 Å². The van der Waals surface area contributed by atoms with Crippen molar-refractivity contribution in [2.45, 2.75) is 25.7 Å². The van der Waals surface area contributed by atoms with Crippen LogP contribution in [0.4, 0.5) is 11.4 Å². The summed E-state index contributed by atoms with van der Waals surface area (Å²) >= 11 is 0. The Kier molecular flexibility index (Phi) is 6.88. The first-order chi connectivity index (χ1) is 15.7. The monoisotopic (exact) mass is 472 g/mol. The second-order valence-electron chi connectivity index (χ2n) is 9.27. The first kappa shape index (κ1) is 23.9. The summed E-state index contributed by atoms with van der Waals surface area (Å²) in [5.74, 6) is 0.884. The Morgan fingerprint density at radius 1 is 0.788 bits per heavy atom. The number of sulfonamides is 1. The van der Waals surface area contributed by atoms with E-state index in [0.717, 1.165) is 60.0 Å². The summed E-state index contributed by atoms with van der Waals surface area (Å²) in [6.07, 6.45) is 0. The van der Waals surface area contributed by atoms with Crippen molar-refractivity contribution in [3.63, 3.8) is 0 Å². The van der Waals surface area contributed by atoms with E-state index < -0.39 is 10.0 Å². The summed E-state index contributed by atoms with van der Waals surface area (Å²) in [5, 5.41) is 0. The fraction of sp³-hybridized carbons (Fsp3) is 0.520. The van der Waals surface area contributed by atoms with E-state index in [1.165, 1.54) is 0 Å². The molecule has 180 valence electrons. The Bertz CT molecular complexity index is 1080. The van der Waals surface area contributed by atoms with Gasteiger partial charge in [-0.15, -0.1) is 0 Å². The Labute approximate surface area is 198 Å². The second kappa shape index (κ2) is 9.52. The van der Waals surface area contributed by atoms with Gasteiger partial charge in [0.1, 0.15) is 5.75 Å². The predicted molar refractivity (Wildman–Crippen MR) is 134 cm³/mol. The van der Waals surface area contributed by atoms with Gasteiger partial charge in [-0.05, 0) is 57.1 Å². The highest BCUT2D eigenvalue weighted by Crippen LogP contribution is 2.34. The maximum atomic E-state index is 13.4. The van der Waals surface area contributed by atoms with Gasteiger partial charge >= 0.3 is 0 Å². The minimum absolute atomic E-state index is 0.461. The molecule has 2 aromatic carbocycles. The molecule has 2 aliphatic rings. The average Bonchev–Trinajstić information content (AvgIpc) is 2.78. The van der Waals surface area contributed by atoms with Gasteiger partial charge in [0.25, 0.3) is 0 Å². The lowest BCUT2D eigenvalue weighted by Gasteiger charge is -2.38. The molecule has 0 unspecified atom stereocenters. The van der Waals surface area contributed by atoms with Crippen molar-refractivity contribution in [3.8, 4) is 5.75 Å². The molecule has 0 amide bonds. The second-order valence-corrected chi connectivity index (χ2v) is 11.1. The number of anilines is 2. The molecule has 4 rings (SSSR count). The molecule has 7 nitrogen and oxygen atoms in total. The Balaban J connectivity index is 1.51. The van der Waals surface area contributed by atoms with E-state index >= 15 is 0 Å². The predicted octanol–water partition coefficient (Wildman–Crippen LogP) is 2.88. The van der Waals surface area contributed by atoms with Gasteiger partial charge in [-0.2, -0.15) is 4.31 Å². The molecule has 2 fully saturated rings. The third kappa shape index (κ3) is 4.83. The number of nitrogens with zero attached hydrogens (tertiary/aromatic N) is 4. The molecular weight excluding hydrogens is 436 g/mol. The Morgan fingerprint density at radius 2 is 1.36 bits per heavy atom. The fourth-order valence-corrected chi connectivity index (χ4v) is 6.89. The van der Waals surface area contributed by atoms with E-state index in [1.54, 1.807) is 11.4 Å². The average molecular weight is 473 g/mol. The number of rotatable bonds is 5. The summed E-state index contributed by atoms with van der Waals surface area (Å²) in [6, 6.07) is 10.2. The molecule has 2 aliphatic heterocycles. The van der Waals surface area contributed by atoms with Crippen LogP contribution < -0.4 is 14.5 Å². The van der Waals surface area contributed by atoms with Crippen LogP contribution in [0, 0.1) is 20.8 Å².